The van der Waals surface area contributed by atoms with Gasteiger partial charge in [0.15, 0.2) is 17.5 Å². The van der Waals surface area contributed by atoms with Crippen molar-refractivity contribution >= 4 is 0 Å². The van der Waals surface area contributed by atoms with E-state index in [1.165, 1.54) is 6.07 Å². The summed E-state index contributed by atoms with van der Waals surface area (Å²) in [6.07, 6.45) is 1.95. The second-order valence-electron chi connectivity index (χ2n) is 3.84. The number of hydrogen-bond donors (Lipinski definition) is 1. The fourth-order valence-corrected chi connectivity index (χ4v) is 1.61. The van der Waals surface area contributed by atoms with Crippen molar-refractivity contribution in [2.45, 2.75) is 26.2 Å². The molecule has 0 saturated carbocycles. The van der Waals surface area contributed by atoms with E-state index in [1.54, 1.807) is 6.07 Å². The van der Waals surface area contributed by atoms with E-state index >= 15 is 0 Å². The van der Waals surface area contributed by atoms with Crippen molar-refractivity contribution in [1.82, 2.24) is 15.2 Å². The lowest BCUT2D eigenvalue weighted by Crippen LogP contribution is -1.97. The highest BCUT2D eigenvalue weighted by Gasteiger charge is 2.10. The SMILES string of the molecule is CCCc1n[nH]c(Cc2cccc(F)c2F)n1. The number of aryl methyl sites for hydroxylation is 1. The molecular weight excluding hydrogens is 224 g/mol. The van der Waals surface area contributed by atoms with Gasteiger partial charge in [-0.25, -0.2) is 13.8 Å². The van der Waals surface area contributed by atoms with Crippen LogP contribution in [0.25, 0.3) is 0 Å². The first-order chi connectivity index (χ1) is 8.20. The molecule has 1 N–H and O–H groups in total. The molecule has 0 spiro atoms. The van der Waals surface area contributed by atoms with Crippen LogP contribution in [0.15, 0.2) is 18.2 Å². The molecule has 0 aliphatic carbocycles. The third kappa shape index (κ3) is 2.67. The fraction of sp³-hybridized carbons (Fsp3) is 0.333. The van der Waals surface area contributed by atoms with Crippen LogP contribution in [0.3, 0.4) is 0 Å². The number of nitrogens with one attached hydrogen (secondary N) is 1. The van der Waals surface area contributed by atoms with Gasteiger partial charge in [-0.3, -0.25) is 5.10 Å². The summed E-state index contributed by atoms with van der Waals surface area (Å²) in [4.78, 5) is 4.21. The van der Waals surface area contributed by atoms with E-state index in [2.05, 4.69) is 15.2 Å². The molecule has 0 bridgehead atoms. The molecule has 0 aliphatic rings. The molecular formula is C12H13F2N3. The number of halogens is 2. The highest BCUT2D eigenvalue weighted by molar-refractivity contribution is 5.22. The molecule has 0 radical (unpaired) electrons. The molecule has 2 aromatic rings. The maximum absolute atomic E-state index is 13.4. The first kappa shape index (κ1) is 11.7. The van der Waals surface area contributed by atoms with E-state index in [9.17, 15) is 8.78 Å². The number of rotatable bonds is 4. The van der Waals surface area contributed by atoms with E-state index in [1.807, 2.05) is 6.92 Å². The second-order valence-corrected chi connectivity index (χ2v) is 3.84. The number of benzene rings is 1. The number of aromatic amines is 1. The predicted octanol–water partition coefficient (Wildman–Crippen LogP) is 2.63. The topological polar surface area (TPSA) is 41.6 Å². The highest BCUT2D eigenvalue weighted by Crippen LogP contribution is 2.14. The summed E-state index contributed by atoms with van der Waals surface area (Å²) in [6, 6.07) is 4.12. The Balaban J connectivity index is 2.16. The van der Waals surface area contributed by atoms with E-state index in [0.717, 1.165) is 18.9 Å². The molecule has 0 amide bonds. The number of H-pyrrole nitrogens is 1. The Morgan fingerprint density at radius 2 is 2.12 bits per heavy atom. The lowest BCUT2D eigenvalue weighted by molar-refractivity contribution is 0.500. The van der Waals surface area contributed by atoms with Gasteiger partial charge >= 0.3 is 0 Å². The minimum atomic E-state index is -0.837. The van der Waals surface area contributed by atoms with Crippen molar-refractivity contribution in [3.8, 4) is 0 Å². The highest BCUT2D eigenvalue weighted by atomic mass is 19.2. The molecule has 0 saturated heterocycles. The maximum Gasteiger partial charge on any atom is 0.162 e. The summed E-state index contributed by atoms with van der Waals surface area (Å²) in [7, 11) is 0. The Labute approximate surface area is 97.9 Å². The Kier molecular flexibility index (Phi) is 3.46. The van der Waals surface area contributed by atoms with Gasteiger partial charge in [-0.2, -0.15) is 5.10 Å². The van der Waals surface area contributed by atoms with Crippen LogP contribution >= 0.6 is 0 Å². The van der Waals surface area contributed by atoms with E-state index in [-0.39, 0.29) is 12.0 Å². The lowest BCUT2D eigenvalue weighted by atomic mass is 10.1. The van der Waals surface area contributed by atoms with Crippen molar-refractivity contribution in [2.24, 2.45) is 0 Å². The van der Waals surface area contributed by atoms with Gasteiger partial charge in [0.1, 0.15) is 5.82 Å². The zero-order valence-electron chi connectivity index (χ0n) is 9.50. The molecule has 0 aliphatic heterocycles. The van der Waals surface area contributed by atoms with Crippen LogP contribution in [0, 0.1) is 11.6 Å². The molecule has 5 heteroatoms. The van der Waals surface area contributed by atoms with Crippen molar-refractivity contribution in [3.05, 3.63) is 47.0 Å². The summed E-state index contributed by atoms with van der Waals surface area (Å²) >= 11 is 0. The van der Waals surface area contributed by atoms with Crippen LogP contribution in [-0.4, -0.2) is 15.2 Å². The zero-order valence-corrected chi connectivity index (χ0v) is 9.50. The third-order valence-corrected chi connectivity index (χ3v) is 2.44. The first-order valence-electron chi connectivity index (χ1n) is 5.53. The average molecular weight is 237 g/mol. The van der Waals surface area contributed by atoms with Crippen LogP contribution in [0.4, 0.5) is 8.78 Å². The van der Waals surface area contributed by atoms with Crippen LogP contribution in [-0.2, 0) is 12.8 Å². The van der Waals surface area contributed by atoms with Gasteiger partial charge in [0, 0.05) is 12.8 Å². The molecule has 1 heterocycles. The Morgan fingerprint density at radius 1 is 1.29 bits per heavy atom. The van der Waals surface area contributed by atoms with E-state index in [0.29, 0.717) is 11.6 Å². The van der Waals surface area contributed by atoms with Crippen LogP contribution in [0.2, 0.25) is 0 Å². The van der Waals surface area contributed by atoms with Gasteiger partial charge in [0.2, 0.25) is 0 Å². The summed E-state index contributed by atoms with van der Waals surface area (Å²) in [5, 5.41) is 6.74. The van der Waals surface area contributed by atoms with Crippen molar-refractivity contribution in [1.29, 1.82) is 0 Å². The summed E-state index contributed by atoms with van der Waals surface area (Å²) < 4.78 is 26.4. The van der Waals surface area contributed by atoms with Crippen molar-refractivity contribution < 1.29 is 8.78 Å². The molecule has 1 aromatic heterocycles. The maximum atomic E-state index is 13.4. The van der Waals surface area contributed by atoms with E-state index < -0.39 is 11.6 Å². The lowest BCUT2D eigenvalue weighted by Gasteiger charge is -2.00. The predicted molar refractivity (Wildman–Crippen MR) is 59.5 cm³/mol. The average Bonchev–Trinajstić information content (AvgIpc) is 2.73. The standard InChI is InChI=1S/C12H13F2N3/c1-2-4-10-15-11(17-16-10)7-8-5-3-6-9(13)12(8)14/h3,5-6H,2,4,7H2,1H3,(H,15,16,17). The van der Waals surface area contributed by atoms with Crippen LogP contribution in [0.1, 0.15) is 30.6 Å². The van der Waals surface area contributed by atoms with Gasteiger partial charge in [0.25, 0.3) is 0 Å². The quantitative estimate of drug-likeness (QED) is 0.888. The Morgan fingerprint density at radius 3 is 2.88 bits per heavy atom. The molecule has 1 aromatic carbocycles. The first-order valence-corrected chi connectivity index (χ1v) is 5.53. The van der Waals surface area contributed by atoms with Crippen LogP contribution < -0.4 is 0 Å². The molecule has 0 unspecified atom stereocenters. The third-order valence-electron chi connectivity index (χ3n) is 2.44. The van der Waals surface area contributed by atoms with E-state index in [4.69, 9.17) is 0 Å². The fourth-order valence-electron chi connectivity index (χ4n) is 1.61. The Bertz CT molecular complexity index is 508. The Hall–Kier alpha value is -1.78. The number of aromatic nitrogens is 3. The zero-order chi connectivity index (χ0) is 12.3. The largest absolute Gasteiger partial charge is 0.263 e. The minimum Gasteiger partial charge on any atom is -0.263 e. The van der Waals surface area contributed by atoms with Gasteiger partial charge < -0.3 is 0 Å². The summed E-state index contributed by atoms with van der Waals surface area (Å²) in [5.74, 6) is -0.394. The van der Waals surface area contributed by atoms with Crippen molar-refractivity contribution in [2.75, 3.05) is 0 Å². The van der Waals surface area contributed by atoms with Gasteiger partial charge in [-0.05, 0) is 18.1 Å². The molecule has 90 valence electrons. The minimum absolute atomic E-state index is 0.223. The smallest absolute Gasteiger partial charge is 0.162 e. The summed E-state index contributed by atoms with van der Waals surface area (Å²) in [6.45, 7) is 2.03. The molecule has 0 fully saturated rings. The van der Waals surface area contributed by atoms with Gasteiger partial charge in [-0.1, -0.05) is 19.1 Å². The number of hydrogen-bond acceptors (Lipinski definition) is 2. The normalized spacial score (nSPS) is 10.8. The monoisotopic (exact) mass is 237 g/mol. The van der Waals surface area contributed by atoms with Crippen LogP contribution in [0.5, 0.6) is 0 Å². The molecule has 3 nitrogen and oxygen atoms in total. The van der Waals surface area contributed by atoms with Gasteiger partial charge in [-0.15, -0.1) is 0 Å². The van der Waals surface area contributed by atoms with Crippen molar-refractivity contribution in [3.63, 3.8) is 0 Å². The molecule has 2 rings (SSSR count). The second kappa shape index (κ2) is 5.03. The molecule has 0 atom stereocenters. The van der Waals surface area contributed by atoms with Gasteiger partial charge in [0.05, 0.1) is 0 Å². The number of nitrogens with zero attached hydrogens (tertiary/aromatic N) is 2. The molecule has 17 heavy (non-hydrogen) atoms. The summed E-state index contributed by atoms with van der Waals surface area (Å²) in [5.41, 5.74) is 0.282.